The first-order valence-electron chi connectivity index (χ1n) is 7.19. The fourth-order valence-electron chi connectivity index (χ4n) is 2.13. The van der Waals surface area contributed by atoms with E-state index in [1.807, 2.05) is 4.83 Å². The second-order valence-electron chi connectivity index (χ2n) is 5.22. The van der Waals surface area contributed by atoms with Crippen LogP contribution in [0.1, 0.15) is 5.56 Å². The summed E-state index contributed by atoms with van der Waals surface area (Å²) in [5, 5.41) is 1.35. The van der Waals surface area contributed by atoms with E-state index in [0.29, 0.717) is 20.6 Å². The van der Waals surface area contributed by atoms with Crippen LogP contribution in [0.3, 0.4) is 0 Å². The van der Waals surface area contributed by atoms with Gasteiger partial charge in [0.2, 0.25) is 0 Å². The molecule has 0 unspecified atom stereocenters. The van der Waals surface area contributed by atoms with Crippen molar-refractivity contribution in [1.29, 1.82) is 0 Å². The molecular formula is C16H9Cl2FN2O3S3. The lowest BCUT2D eigenvalue weighted by molar-refractivity contribution is -0.123. The van der Waals surface area contributed by atoms with Gasteiger partial charge in [-0.05, 0) is 35.9 Å². The molecule has 0 atom stereocenters. The molecule has 0 radical (unpaired) electrons. The molecule has 2 aromatic carbocycles. The number of thiocarbonyl (C=S) groups is 1. The molecule has 1 saturated heterocycles. The van der Waals surface area contributed by atoms with Crippen LogP contribution in [-0.4, -0.2) is 23.7 Å². The minimum atomic E-state index is -4.34. The van der Waals surface area contributed by atoms with Gasteiger partial charge in [0, 0.05) is 0 Å². The van der Waals surface area contributed by atoms with Gasteiger partial charge in [0.1, 0.15) is 10.7 Å². The molecule has 27 heavy (non-hydrogen) atoms. The van der Waals surface area contributed by atoms with Crippen molar-refractivity contribution in [3.05, 3.63) is 68.8 Å². The average molecular weight is 463 g/mol. The van der Waals surface area contributed by atoms with Crippen LogP contribution < -0.4 is 4.83 Å². The van der Waals surface area contributed by atoms with E-state index in [4.69, 9.17) is 35.4 Å². The molecule has 3 rings (SSSR count). The molecule has 0 saturated carbocycles. The van der Waals surface area contributed by atoms with Crippen LogP contribution in [0.2, 0.25) is 10.0 Å². The maximum absolute atomic E-state index is 13.8. The molecule has 1 heterocycles. The molecule has 1 aliphatic rings. The van der Waals surface area contributed by atoms with Crippen molar-refractivity contribution in [1.82, 2.24) is 9.84 Å². The van der Waals surface area contributed by atoms with Crippen LogP contribution in [0.25, 0.3) is 6.08 Å². The standard InChI is InChI=1S/C16H9Cl2FN2O3S3/c17-10-6-5-9(7-11(10)18)8-13-15(22)21(16(25)26-13)20-27(23,24)14-4-2-1-3-12(14)19/h1-8,20H/b13-8-. The number of amides is 1. The molecule has 0 spiro atoms. The molecule has 0 bridgehead atoms. The van der Waals surface area contributed by atoms with E-state index in [1.165, 1.54) is 18.2 Å². The molecule has 0 aromatic heterocycles. The number of nitrogens with zero attached hydrogens (tertiary/aromatic N) is 1. The number of carbonyl (C=O) groups is 1. The van der Waals surface area contributed by atoms with E-state index in [1.54, 1.807) is 18.2 Å². The zero-order valence-corrected chi connectivity index (χ0v) is 17.1. The van der Waals surface area contributed by atoms with Gasteiger partial charge in [-0.2, -0.15) is 0 Å². The highest BCUT2D eigenvalue weighted by Gasteiger charge is 2.36. The molecule has 1 aliphatic heterocycles. The Morgan fingerprint density at radius 3 is 2.52 bits per heavy atom. The fourth-order valence-corrected chi connectivity index (χ4v) is 4.83. The predicted octanol–water partition coefficient (Wildman–Crippen LogP) is 4.23. The van der Waals surface area contributed by atoms with E-state index in [9.17, 15) is 17.6 Å². The van der Waals surface area contributed by atoms with Gasteiger partial charge in [-0.25, -0.2) is 17.8 Å². The summed E-state index contributed by atoms with van der Waals surface area (Å²) in [4.78, 5) is 14.1. The number of sulfonamides is 1. The molecule has 5 nitrogen and oxygen atoms in total. The number of nitrogens with one attached hydrogen (secondary N) is 1. The highest BCUT2D eigenvalue weighted by molar-refractivity contribution is 8.26. The predicted molar refractivity (Wildman–Crippen MR) is 108 cm³/mol. The van der Waals surface area contributed by atoms with Crippen molar-refractivity contribution in [3.63, 3.8) is 0 Å². The number of rotatable bonds is 4. The second kappa shape index (κ2) is 7.86. The number of halogens is 3. The van der Waals surface area contributed by atoms with Crippen molar-refractivity contribution in [2.45, 2.75) is 4.90 Å². The first kappa shape index (κ1) is 20.2. The Labute approximate surface area is 174 Å². The summed E-state index contributed by atoms with van der Waals surface area (Å²) in [7, 11) is -4.34. The van der Waals surface area contributed by atoms with Crippen LogP contribution in [0.4, 0.5) is 4.39 Å². The van der Waals surface area contributed by atoms with E-state index < -0.39 is 26.6 Å². The highest BCUT2D eigenvalue weighted by Crippen LogP contribution is 2.33. The Morgan fingerprint density at radius 1 is 1.15 bits per heavy atom. The number of hydrogen-bond acceptors (Lipinski definition) is 5. The van der Waals surface area contributed by atoms with Crippen molar-refractivity contribution >= 4 is 73.5 Å². The minimum absolute atomic E-state index is 0.0359. The lowest BCUT2D eigenvalue weighted by Gasteiger charge is -2.16. The summed E-state index contributed by atoms with van der Waals surface area (Å²) in [6.07, 6.45) is 1.50. The molecule has 140 valence electrons. The quantitative estimate of drug-likeness (QED) is 0.543. The average Bonchev–Trinajstić information content (AvgIpc) is 2.85. The molecular weight excluding hydrogens is 454 g/mol. The lowest BCUT2D eigenvalue weighted by Crippen LogP contribution is -2.44. The molecule has 11 heteroatoms. The summed E-state index contributed by atoms with van der Waals surface area (Å²) in [6, 6.07) is 9.57. The monoisotopic (exact) mass is 462 g/mol. The molecule has 0 aliphatic carbocycles. The minimum Gasteiger partial charge on any atom is -0.267 e. The van der Waals surface area contributed by atoms with Gasteiger partial charge in [-0.1, -0.05) is 65.4 Å². The lowest BCUT2D eigenvalue weighted by atomic mass is 10.2. The first-order valence-corrected chi connectivity index (χ1v) is 10.7. The van der Waals surface area contributed by atoms with Crippen LogP contribution in [0.15, 0.2) is 52.3 Å². The van der Waals surface area contributed by atoms with E-state index >= 15 is 0 Å². The summed E-state index contributed by atoms with van der Waals surface area (Å²) < 4.78 is 38.5. The normalized spacial score (nSPS) is 16.4. The fraction of sp³-hybridized carbons (Fsp3) is 0. The van der Waals surface area contributed by atoms with Crippen LogP contribution in [0.5, 0.6) is 0 Å². The first-order chi connectivity index (χ1) is 12.7. The van der Waals surface area contributed by atoms with Crippen molar-refractivity contribution in [3.8, 4) is 0 Å². The van der Waals surface area contributed by atoms with Crippen LogP contribution >= 0.6 is 47.2 Å². The third kappa shape index (κ3) is 4.34. The number of carbonyl (C=O) groups excluding carboxylic acids is 1. The van der Waals surface area contributed by atoms with Crippen molar-refractivity contribution in [2.24, 2.45) is 0 Å². The van der Waals surface area contributed by atoms with Gasteiger partial charge in [0.05, 0.1) is 15.0 Å². The van der Waals surface area contributed by atoms with E-state index in [2.05, 4.69) is 0 Å². The molecule has 1 amide bonds. The number of hydrogen-bond donors (Lipinski definition) is 1. The Bertz CT molecular complexity index is 1090. The summed E-state index contributed by atoms with van der Waals surface area (Å²) >= 11 is 17.8. The van der Waals surface area contributed by atoms with Crippen molar-refractivity contribution in [2.75, 3.05) is 0 Å². The summed E-state index contributed by atoms with van der Waals surface area (Å²) in [5.74, 6) is -1.63. The van der Waals surface area contributed by atoms with Gasteiger partial charge in [0.25, 0.3) is 15.9 Å². The zero-order chi connectivity index (χ0) is 19.8. The maximum atomic E-state index is 13.8. The third-order valence-corrected chi connectivity index (χ3v) is 6.75. The van der Waals surface area contributed by atoms with E-state index in [0.717, 1.165) is 23.9 Å². The SMILES string of the molecule is O=C1/C(=C/c2ccc(Cl)c(Cl)c2)SC(=S)N1NS(=O)(=O)c1ccccc1F. The smallest absolute Gasteiger partial charge is 0.267 e. The Hall–Kier alpha value is -1.49. The van der Waals surface area contributed by atoms with Gasteiger partial charge in [-0.15, -0.1) is 4.83 Å². The van der Waals surface area contributed by atoms with Crippen molar-refractivity contribution < 1.29 is 17.6 Å². The number of thioether (sulfide) groups is 1. The van der Waals surface area contributed by atoms with E-state index in [-0.39, 0.29) is 9.23 Å². The topological polar surface area (TPSA) is 66.5 Å². The number of hydrazine groups is 1. The van der Waals surface area contributed by atoms with Gasteiger partial charge in [0.15, 0.2) is 4.32 Å². The Balaban J connectivity index is 1.87. The van der Waals surface area contributed by atoms with Gasteiger partial charge >= 0.3 is 0 Å². The Kier molecular flexibility index (Phi) is 5.90. The molecule has 1 N–H and O–H groups in total. The Morgan fingerprint density at radius 2 is 1.85 bits per heavy atom. The molecule has 2 aromatic rings. The van der Waals surface area contributed by atoms with Crippen LogP contribution in [0, 0.1) is 5.82 Å². The largest absolute Gasteiger partial charge is 0.281 e. The highest BCUT2D eigenvalue weighted by atomic mass is 35.5. The zero-order valence-electron chi connectivity index (χ0n) is 13.1. The van der Waals surface area contributed by atoms with Gasteiger partial charge < -0.3 is 0 Å². The third-order valence-electron chi connectivity index (χ3n) is 3.37. The summed E-state index contributed by atoms with van der Waals surface area (Å²) in [6.45, 7) is 0. The molecule has 1 fully saturated rings. The summed E-state index contributed by atoms with van der Waals surface area (Å²) in [5.41, 5.74) is 0.585. The van der Waals surface area contributed by atoms with Crippen LogP contribution in [-0.2, 0) is 14.8 Å². The maximum Gasteiger partial charge on any atom is 0.281 e. The number of benzene rings is 2. The van der Waals surface area contributed by atoms with Gasteiger partial charge in [-0.3, -0.25) is 4.79 Å². The second-order valence-corrected chi connectivity index (χ2v) is 9.34.